The van der Waals surface area contributed by atoms with Crippen molar-refractivity contribution in [2.75, 3.05) is 6.61 Å². The van der Waals surface area contributed by atoms with Gasteiger partial charge in [0.15, 0.2) is 0 Å². The van der Waals surface area contributed by atoms with Crippen LogP contribution in [-0.2, 0) is 5.75 Å². The fourth-order valence-electron chi connectivity index (χ4n) is 2.45. The summed E-state index contributed by atoms with van der Waals surface area (Å²) in [7, 11) is 0. The van der Waals surface area contributed by atoms with E-state index >= 15 is 0 Å². The first-order valence-corrected chi connectivity index (χ1v) is 7.50. The van der Waals surface area contributed by atoms with Gasteiger partial charge >= 0.3 is 0 Å². The Morgan fingerprint density at radius 2 is 1.74 bits per heavy atom. The van der Waals surface area contributed by atoms with Crippen LogP contribution in [0, 0.1) is 0 Å². The molecule has 0 saturated heterocycles. The lowest BCUT2D eigenvalue weighted by molar-refractivity contribution is 0.303. The van der Waals surface area contributed by atoms with Crippen molar-refractivity contribution in [2.45, 2.75) is 17.1 Å². The van der Waals surface area contributed by atoms with Crippen LogP contribution in [0.3, 0.4) is 0 Å². The molecular weight excluding hydrogens is 252 g/mol. The van der Waals surface area contributed by atoms with Crippen molar-refractivity contribution in [3.63, 3.8) is 0 Å². The van der Waals surface area contributed by atoms with Crippen LogP contribution in [0.1, 0.15) is 23.1 Å². The molecule has 1 nitrogen and oxygen atoms in total. The van der Waals surface area contributed by atoms with Crippen molar-refractivity contribution < 1.29 is 5.11 Å². The number of thioether (sulfide) groups is 1. The van der Waals surface area contributed by atoms with Crippen molar-refractivity contribution in [3.05, 3.63) is 71.3 Å². The van der Waals surface area contributed by atoms with Gasteiger partial charge in [-0.3, -0.25) is 0 Å². The summed E-state index contributed by atoms with van der Waals surface area (Å²) in [6.07, 6.45) is 2.85. The first kappa shape index (κ1) is 12.5. The van der Waals surface area contributed by atoms with Crippen molar-refractivity contribution >= 4 is 17.3 Å². The minimum absolute atomic E-state index is 0.195. The van der Waals surface area contributed by atoms with E-state index in [2.05, 4.69) is 54.6 Å². The standard InChI is InChI=1S/C17H16OS/c18-11-5-9-15-14-7-2-1-6-13(14)12-19-17-10-4-3-8-16(15)17/h1-4,6-10,18H,5,11-12H2/b15-9+. The average Bonchev–Trinajstić information content (AvgIpc) is 2.62. The molecule has 0 aromatic heterocycles. The normalized spacial score (nSPS) is 15.7. The van der Waals surface area contributed by atoms with Gasteiger partial charge < -0.3 is 5.11 Å². The van der Waals surface area contributed by atoms with Gasteiger partial charge in [-0.1, -0.05) is 48.5 Å². The molecule has 1 heterocycles. The number of hydrogen-bond donors (Lipinski definition) is 1. The summed E-state index contributed by atoms with van der Waals surface area (Å²) in [5.74, 6) is 1.00. The summed E-state index contributed by atoms with van der Waals surface area (Å²) in [5, 5.41) is 9.11. The molecule has 0 radical (unpaired) electrons. The van der Waals surface area contributed by atoms with Gasteiger partial charge in [0.2, 0.25) is 0 Å². The zero-order valence-corrected chi connectivity index (χ0v) is 11.5. The maximum Gasteiger partial charge on any atom is 0.0465 e. The fourth-order valence-corrected chi connectivity index (χ4v) is 3.52. The van der Waals surface area contributed by atoms with Gasteiger partial charge in [0.05, 0.1) is 0 Å². The molecule has 0 unspecified atom stereocenters. The first-order chi connectivity index (χ1) is 9.40. The van der Waals surface area contributed by atoms with E-state index in [1.165, 1.54) is 27.2 Å². The predicted octanol–water partition coefficient (Wildman–Crippen LogP) is 4.11. The Balaban J connectivity index is 2.19. The maximum atomic E-state index is 9.11. The summed E-state index contributed by atoms with van der Waals surface area (Å²) >= 11 is 1.89. The van der Waals surface area contributed by atoms with Gasteiger partial charge in [0.1, 0.15) is 0 Å². The van der Waals surface area contributed by atoms with E-state index in [1.807, 2.05) is 11.8 Å². The fraction of sp³-hybridized carbons (Fsp3) is 0.176. The van der Waals surface area contributed by atoms with Crippen LogP contribution in [0.15, 0.2) is 59.5 Å². The van der Waals surface area contributed by atoms with E-state index in [9.17, 15) is 0 Å². The third-order valence-electron chi connectivity index (χ3n) is 3.35. The summed E-state index contributed by atoms with van der Waals surface area (Å²) < 4.78 is 0. The summed E-state index contributed by atoms with van der Waals surface area (Å²) in [6, 6.07) is 17.1. The quantitative estimate of drug-likeness (QED) is 0.884. The van der Waals surface area contributed by atoms with Crippen LogP contribution in [0.5, 0.6) is 0 Å². The molecule has 0 spiro atoms. The molecule has 1 N–H and O–H groups in total. The number of fused-ring (bicyclic) bond motifs is 2. The summed E-state index contributed by atoms with van der Waals surface area (Å²) in [5.41, 5.74) is 5.21. The second-order valence-electron chi connectivity index (χ2n) is 4.57. The lowest BCUT2D eigenvalue weighted by atomic mass is 9.94. The Morgan fingerprint density at radius 1 is 1.00 bits per heavy atom. The van der Waals surface area contributed by atoms with Gasteiger partial charge in [-0.15, -0.1) is 11.8 Å². The largest absolute Gasteiger partial charge is 0.396 e. The van der Waals surface area contributed by atoms with Crippen molar-refractivity contribution in [2.24, 2.45) is 0 Å². The topological polar surface area (TPSA) is 20.2 Å². The van der Waals surface area contributed by atoms with Crippen LogP contribution >= 0.6 is 11.8 Å². The zero-order chi connectivity index (χ0) is 13.1. The molecule has 0 aliphatic carbocycles. The predicted molar refractivity (Wildman–Crippen MR) is 81.2 cm³/mol. The van der Waals surface area contributed by atoms with Gasteiger partial charge in [-0.25, -0.2) is 0 Å². The Morgan fingerprint density at radius 3 is 2.58 bits per heavy atom. The molecule has 0 amide bonds. The molecule has 0 fully saturated rings. The Kier molecular flexibility index (Phi) is 3.72. The second kappa shape index (κ2) is 5.64. The SMILES string of the molecule is OCC/C=C1\c2ccccc2CSc2ccccc21. The van der Waals surface area contributed by atoms with Gasteiger partial charge in [-0.05, 0) is 34.8 Å². The highest BCUT2D eigenvalue weighted by atomic mass is 32.2. The van der Waals surface area contributed by atoms with E-state index in [1.54, 1.807) is 0 Å². The third-order valence-corrected chi connectivity index (χ3v) is 4.47. The molecule has 1 aliphatic rings. The van der Waals surface area contributed by atoms with Crippen LogP contribution in [-0.4, -0.2) is 11.7 Å². The molecular formula is C17H16OS. The highest BCUT2D eigenvalue weighted by molar-refractivity contribution is 7.98. The molecule has 0 saturated carbocycles. The molecule has 3 rings (SSSR count). The summed E-state index contributed by atoms with van der Waals surface area (Å²) in [6.45, 7) is 0.195. The monoisotopic (exact) mass is 268 g/mol. The van der Waals surface area contributed by atoms with Gasteiger partial charge in [-0.2, -0.15) is 0 Å². The van der Waals surface area contributed by atoms with E-state index < -0.39 is 0 Å². The van der Waals surface area contributed by atoms with Crippen LogP contribution in [0.4, 0.5) is 0 Å². The molecule has 0 atom stereocenters. The second-order valence-corrected chi connectivity index (χ2v) is 5.59. The highest BCUT2D eigenvalue weighted by Crippen LogP contribution is 2.39. The van der Waals surface area contributed by atoms with Gasteiger partial charge in [0.25, 0.3) is 0 Å². The first-order valence-electron chi connectivity index (χ1n) is 6.51. The highest BCUT2D eigenvalue weighted by Gasteiger charge is 2.17. The zero-order valence-electron chi connectivity index (χ0n) is 10.7. The number of aliphatic hydroxyl groups excluding tert-OH is 1. The number of rotatable bonds is 2. The number of hydrogen-bond acceptors (Lipinski definition) is 2. The molecule has 1 aliphatic heterocycles. The number of aliphatic hydroxyl groups is 1. The molecule has 19 heavy (non-hydrogen) atoms. The van der Waals surface area contributed by atoms with E-state index in [0.29, 0.717) is 6.42 Å². The molecule has 2 aromatic carbocycles. The van der Waals surface area contributed by atoms with Crippen LogP contribution < -0.4 is 0 Å². The van der Waals surface area contributed by atoms with E-state index in [0.717, 1.165) is 5.75 Å². The van der Waals surface area contributed by atoms with Crippen molar-refractivity contribution in [1.82, 2.24) is 0 Å². The Labute approximate surface area is 118 Å². The minimum atomic E-state index is 0.195. The van der Waals surface area contributed by atoms with Crippen LogP contribution in [0.25, 0.3) is 5.57 Å². The molecule has 2 heteroatoms. The molecule has 2 aromatic rings. The van der Waals surface area contributed by atoms with E-state index in [4.69, 9.17) is 5.11 Å². The van der Waals surface area contributed by atoms with Crippen LogP contribution in [0.2, 0.25) is 0 Å². The van der Waals surface area contributed by atoms with Crippen molar-refractivity contribution in [1.29, 1.82) is 0 Å². The minimum Gasteiger partial charge on any atom is -0.396 e. The lowest BCUT2D eigenvalue weighted by Gasteiger charge is -2.11. The molecule has 96 valence electrons. The Hall–Kier alpha value is -1.51. The smallest absolute Gasteiger partial charge is 0.0465 e. The van der Waals surface area contributed by atoms with Gasteiger partial charge in [0, 0.05) is 17.3 Å². The Bertz CT molecular complexity index is 567. The maximum absolute atomic E-state index is 9.11. The third kappa shape index (κ3) is 2.46. The average molecular weight is 268 g/mol. The lowest BCUT2D eigenvalue weighted by Crippen LogP contribution is -1.92. The number of benzene rings is 2. The van der Waals surface area contributed by atoms with E-state index in [-0.39, 0.29) is 6.61 Å². The van der Waals surface area contributed by atoms with Crippen molar-refractivity contribution in [3.8, 4) is 0 Å². The summed E-state index contributed by atoms with van der Waals surface area (Å²) in [4.78, 5) is 1.32. The molecule has 0 bridgehead atoms.